The number of halogens is 6. The molecular formula is C28H31F6N7O2. The zero-order valence-corrected chi connectivity index (χ0v) is 23.8. The van der Waals surface area contributed by atoms with Crippen molar-refractivity contribution in [3.8, 4) is 11.4 Å². The lowest BCUT2D eigenvalue weighted by molar-refractivity contribution is -0.143. The Kier molecular flexibility index (Phi) is 8.27. The summed E-state index contributed by atoms with van der Waals surface area (Å²) in [7, 11) is 1.66. The van der Waals surface area contributed by atoms with E-state index in [-0.39, 0.29) is 24.2 Å². The summed E-state index contributed by atoms with van der Waals surface area (Å²) in [6.07, 6.45) is -5.38. The molecule has 1 saturated carbocycles. The Hall–Kier alpha value is -3.91. The lowest BCUT2D eigenvalue weighted by Gasteiger charge is -2.36. The minimum Gasteiger partial charge on any atom is -0.439 e. The van der Waals surface area contributed by atoms with Crippen molar-refractivity contribution in [1.29, 1.82) is 0 Å². The molecule has 0 radical (unpaired) electrons. The van der Waals surface area contributed by atoms with E-state index in [2.05, 4.69) is 20.4 Å². The fourth-order valence-electron chi connectivity index (χ4n) is 5.93. The summed E-state index contributed by atoms with van der Waals surface area (Å²) in [5.74, 6) is 1.06. The molecule has 2 fully saturated rings. The highest BCUT2D eigenvalue weighted by molar-refractivity contribution is 5.72. The molecule has 1 saturated heterocycles. The first-order valence-electron chi connectivity index (χ1n) is 14.0. The summed E-state index contributed by atoms with van der Waals surface area (Å²) < 4.78 is 88.1. The predicted molar refractivity (Wildman–Crippen MR) is 143 cm³/mol. The number of aryl methyl sites for hydroxylation is 1. The average Bonchev–Trinajstić information content (AvgIpc) is 3.51. The van der Waals surface area contributed by atoms with Crippen LogP contribution in [-0.4, -0.2) is 54.8 Å². The number of aromatic nitrogens is 5. The molecule has 1 amide bonds. The van der Waals surface area contributed by atoms with E-state index in [1.54, 1.807) is 19.3 Å². The van der Waals surface area contributed by atoms with Crippen molar-refractivity contribution in [2.45, 2.75) is 83.0 Å². The Bertz CT molecular complexity index is 1440. The number of pyridine rings is 1. The second-order valence-electron chi connectivity index (χ2n) is 10.9. The van der Waals surface area contributed by atoms with E-state index in [9.17, 15) is 31.1 Å². The predicted octanol–water partition coefficient (Wildman–Crippen LogP) is 6.55. The zero-order chi connectivity index (χ0) is 31.1. The molecule has 2 aliphatic rings. The Labute approximate surface area is 243 Å². The van der Waals surface area contributed by atoms with Gasteiger partial charge in [0, 0.05) is 37.0 Å². The third kappa shape index (κ3) is 6.25. The van der Waals surface area contributed by atoms with E-state index >= 15 is 0 Å². The molecule has 1 aromatic carbocycles. The van der Waals surface area contributed by atoms with Gasteiger partial charge in [0.15, 0.2) is 5.82 Å². The summed E-state index contributed by atoms with van der Waals surface area (Å²) >= 11 is 0. The molecule has 9 nitrogen and oxygen atoms in total. The number of nitrogens with zero attached hydrogens (tertiary/aromatic N) is 7. The molecule has 43 heavy (non-hydrogen) atoms. The maximum Gasteiger partial charge on any atom is 0.416 e. The Morgan fingerprint density at radius 1 is 1.00 bits per heavy atom. The molecule has 15 heteroatoms. The number of ether oxygens (including phenoxy) is 1. The van der Waals surface area contributed by atoms with Crippen molar-refractivity contribution in [2.75, 3.05) is 11.4 Å². The second kappa shape index (κ2) is 11.6. The van der Waals surface area contributed by atoms with Crippen LogP contribution < -0.4 is 4.90 Å². The van der Waals surface area contributed by atoms with Crippen molar-refractivity contribution in [2.24, 2.45) is 7.05 Å². The highest BCUT2D eigenvalue weighted by Gasteiger charge is 2.43. The van der Waals surface area contributed by atoms with E-state index in [0.29, 0.717) is 41.4 Å². The SMILES string of the molecule is CCN(c1ncc(-c2nnnn2C)cc1CN1C(=O)OC(c2cc(C(F)(F)F)cc(C(F)(F)F)c2)C1C)C1CCCCC1. The summed E-state index contributed by atoms with van der Waals surface area (Å²) in [6.45, 7) is 4.13. The highest BCUT2D eigenvalue weighted by Crippen LogP contribution is 2.41. The van der Waals surface area contributed by atoms with Crippen molar-refractivity contribution in [1.82, 2.24) is 30.1 Å². The number of benzene rings is 1. The van der Waals surface area contributed by atoms with Gasteiger partial charge in [-0.2, -0.15) is 26.3 Å². The Morgan fingerprint density at radius 2 is 1.65 bits per heavy atom. The largest absolute Gasteiger partial charge is 0.439 e. The lowest BCUT2D eigenvalue weighted by Crippen LogP contribution is -2.39. The number of anilines is 1. The first-order valence-corrected chi connectivity index (χ1v) is 14.0. The van der Waals surface area contributed by atoms with E-state index in [4.69, 9.17) is 9.72 Å². The number of carbonyl (C=O) groups is 1. The monoisotopic (exact) mass is 611 g/mol. The van der Waals surface area contributed by atoms with Crippen molar-refractivity contribution in [3.63, 3.8) is 0 Å². The Morgan fingerprint density at radius 3 is 2.21 bits per heavy atom. The first-order chi connectivity index (χ1) is 20.3. The quantitative estimate of drug-likeness (QED) is 0.280. The number of carbonyl (C=O) groups excluding carboxylic acids is 1. The van der Waals surface area contributed by atoms with Crippen LogP contribution in [0.15, 0.2) is 30.5 Å². The summed E-state index contributed by atoms with van der Waals surface area (Å²) in [5.41, 5.74) is -2.13. The number of cyclic esters (lactones) is 1. The molecule has 5 rings (SSSR count). The molecule has 0 bridgehead atoms. The van der Waals surface area contributed by atoms with Gasteiger partial charge >= 0.3 is 18.4 Å². The van der Waals surface area contributed by atoms with E-state index in [1.165, 1.54) is 16.5 Å². The van der Waals surface area contributed by atoms with E-state index in [0.717, 1.165) is 32.1 Å². The molecule has 0 N–H and O–H groups in total. The van der Waals surface area contributed by atoms with E-state index < -0.39 is 41.7 Å². The maximum absolute atomic E-state index is 13.5. The van der Waals surface area contributed by atoms with Crippen LogP contribution >= 0.6 is 0 Å². The number of hydrogen-bond acceptors (Lipinski definition) is 7. The molecule has 232 valence electrons. The molecule has 2 unspecified atom stereocenters. The lowest BCUT2D eigenvalue weighted by atomic mass is 9.93. The highest BCUT2D eigenvalue weighted by atomic mass is 19.4. The van der Waals surface area contributed by atoms with Crippen LogP contribution in [0.3, 0.4) is 0 Å². The van der Waals surface area contributed by atoms with Gasteiger partial charge in [0.05, 0.1) is 23.7 Å². The van der Waals surface area contributed by atoms with Gasteiger partial charge < -0.3 is 9.64 Å². The second-order valence-corrected chi connectivity index (χ2v) is 10.9. The maximum atomic E-state index is 13.5. The molecule has 1 aliphatic heterocycles. The fraction of sp³-hybridized carbons (Fsp3) is 0.536. The van der Waals surface area contributed by atoms with Crippen LogP contribution in [0.4, 0.5) is 37.0 Å². The molecule has 3 heterocycles. The number of tetrazole rings is 1. The van der Waals surface area contributed by atoms with Gasteiger partial charge in [-0.05, 0) is 66.9 Å². The topological polar surface area (TPSA) is 89.3 Å². The van der Waals surface area contributed by atoms with Gasteiger partial charge in [-0.1, -0.05) is 19.3 Å². The fourth-order valence-corrected chi connectivity index (χ4v) is 5.93. The molecular weight excluding hydrogens is 580 g/mol. The smallest absolute Gasteiger partial charge is 0.416 e. The normalized spacial score (nSPS) is 20.0. The van der Waals surface area contributed by atoms with Crippen LogP contribution in [0.2, 0.25) is 0 Å². The number of rotatable bonds is 7. The molecule has 2 aromatic heterocycles. The van der Waals surface area contributed by atoms with Gasteiger partial charge in [0.2, 0.25) is 0 Å². The van der Waals surface area contributed by atoms with Crippen LogP contribution in [0, 0.1) is 0 Å². The molecule has 1 aliphatic carbocycles. The average molecular weight is 612 g/mol. The van der Waals surface area contributed by atoms with Crippen LogP contribution in [-0.2, 0) is 30.7 Å². The first kappa shape index (κ1) is 30.5. The van der Waals surface area contributed by atoms with Gasteiger partial charge in [0.25, 0.3) is 0 Å². The van der Waals surface area contributed by atoms with Crippen molar-refractivity contribution >= 4 is 11.9 Å². The zero-order valence-electron chi connectivity index (χ0n) is 23.8. The number of alkyl halides is 6. The molecule has 2 atom stereocenters. The number of hydrogen-bond donors (Lipinski definition) is 0. The van der Waals surface area contributed by atoms with Crippen LogP contribution in [0.1, 0.15) is 74.3 Å². The summed E-state index contributed by atoms with van der Waals surface area (Å²) in [4.78, 5) is 21.4. The van der Waals surface area contributed by atoms with Gasteiger partial charge in [-0.15, -0.1) is 5.10 Å². The third-order valence-electron chi connectivity index (χ3n) is 8.12. The van der Waals surface area contributed by atoms with E-state index in [1.807, 2.05) is 6.92 Å². The summed E-state index contributed by atoms with van der Waals surface area (Å²) in [6, 6.07) is 2.40. The van der Waals surface area contributed by atoms with Crippen molar-refractivity contribution < 1.29 is 35.9 Å². The minimum atomic E-state index is -5.03. The van der Waals surface area contributed by atoms with Gasteiger partial charge in [0.1, 0.15) is 11.9 Å². The van der Waals surface area contributed by atoms with Gasteiger partial charge in [-0.25, -0.2) is 14.5 Å². The molecule has 3 aromatic rings. The van der Waals surface area contributed by atoms with Gasteiger partial charge in [-0.3, -0.25) is 4.90 Å². The number of amides is 1. The minimum absolute atomic E-state index is 0.0493. The standard InChI is InChI=1S/C28H31F6N7O2/c1-4-40(22-8-6-5-7-9-22)24-19(10-18(14-35-24)25-36-37-38-39(25)3)15-41-16(2)23(43-26(41)42)17-11-20(27(29,30)31)13-21(12-17)28(32,33)34/h10-14,16,22-23H,4-9,15H2,1-3H3. The van der Waals surface area contributed by atoms with Crippen molar-refractivity contribution in [3.05, 3.63) is 52.7 Å². The molecule has 0 spiro atoms. The van der Waals surface area contributed by atoms with Crippen LogP contribution in [0.25, 0.3) is 11.4 Å². The third-order valence-corrected chi connectivity index (χ3v) is 8.12. The Balaban J connectivity index is 1.52. The van der Waals surface area contributed by atoms with Crippen LogP contribution in [0.5, 0.6) is 0 Å². The summed E-state index contributed by atoms with van der Waals surface area (Å²) in [5, 5.41) is 11.6.